The Balaban J connectivity index is 1.43. The van der Waals surface area contributed by atoms with E-state index in [1.165, 1.54) is 19.3 Å². The third-order valence-corrected chi connectivity index (χ3v) is 6.70. The van der Waals surface area contributed by atoms with Gasteiger partial charge >= 0.3 is 5.97 Å². The molecule has 3 aliphatic rings. The number of allylic oxidation sites excluding steroid dienone is 2. The lowest BCUT2D eigenvalue weighted by molar-refractivity contribution is -0.120. The minimum absolute atomic E-state index is 0.0306. The molecule has 2 saturated carbocycles. The highest BCUT2D eigenvalue weighted by Crippen LogP contribution is 2.46. The van der Waals surface area contributed by atoms with Gasteiger partial charge in [0.2, 0.25) is 0 Å². The number of rotatable bonds is 4. The number of ketones is 1. The molecule has 2 bridgehead atoms. The third kappa shape index (κ3) is 3.13. The lowest BCUT2D eigenvalue weighted by Gasteiger charge is -2.36. The maximum absolute atomic E-state index is 12.6. The number of benzene rings is 1. The van der Waals surface area contributed by atoms with E-state index < -0.39 is 5.60 Å². The summed E-state index contributed by atoms with van der Waals surface area (Å²) in [6, 6.07) is 7.71. The predicted molar refractivity (Wildman–Crippen MR) is 101 cm³/mol. The van der Waals surface area contributed by atoms with Crippen LogP contribution in [0.4, 0.5) is 0 Å². The van der Waals surface area contributed by atoms with Gasteiger partial charge in [-0.05, 0) is 62.6 Å². The van der Waals surface area contributed by atoms with Crippen molar-refractivity contribution in [2.75, 3.05) is 0 Å². The molecule has 26 heavy (non-hydrogen) atoms. The second-order valence-corrected chi connectivity index (χ2v) is 8.71. The smallest absolute Gasteiger partial charge is 0.338 e. The van der Waals surface area contributed by atoms with E-state index in [1.807, 2.05) is 44.2 Å². The highest BCUT2D eigenvalue weighted by atomic mass is 16.6. The molecule has 2 fully saturated rings. The molecular weight excluding hydrogens is 324 g/mol. The van der Waals surface area contributed by atoms with E-state index in [-0.39, 0.29) is 23.7 Å². The van der Waals surface area contributed by atoms with Crippen molar-refractivity contribution in [2.24, 2.45) is 17.8 Å². The Morgan fingerprint density at radius 3 is 2.31 bits per heavy atom. The number of hydrogen-bond acceptors (Lipinski definition) is 3. The van der Waals surface area contributed by atoms with E-state index in [1.54, 1.807) is 0 Å². The van der Waals surface area contributed by atoms with Crippen LogP contribution in [0.15, 0.2) is 36.4 Å². The number of Topliss-reactive ketones (excluding diaryl/α,β-unsaturated/α-hetero) is 1. The second-order valence-electron chi connectivity index (χ2n) is 8.71. The summed E-state index contributed by atoms with van der Waals surface area (Å²) in [6.45, 7) is 4.09. The van der Waals surface area contributed by atoms with Crippen molar-refractivity contribution in [3.63, 3.8) is 0 Å². The summed E-state index contributed by atoms with van der Waals surface area (Å²) < 4.78 is 5.89. The summed E-state index contributed by atoms with van der Waals surface area (Å²) in [5, 5.41) is 0. The van der Waals surface area contributed by atoms with Gasteiger partial charge in [0.05, 0.1) is 5.56 Å². The zero-order valence-corrected chi connectivity index (χ0v) is 15.7. The van der Waals surface area contributed by atoms with E-state index >= 15 is 0 Å². The zero-order valence-electron chi connectivity index (χ0n) is 15.7. The Bertz CT molecular complexity index is 722. The van der Waals surface area contributed by atoms with Crippen molar-refractivity contribution >= 4 is 11.8 Å². The summed E-state index contributed by atoms with van der Waals surface area (Å²) in [5.41, 5.74) is 1.33. The number of fused-ring (bicyclic) bond motifs is 2. The van der Waals surface area contributed by atoms with Crippen LogP contribution in [0, 0.1) is 17.8 Å². The van der Waals surface area contributed by atoms with Crippen molar-refractivity contribution in [1.82, 2.24) is 0 Å². The maximum Gasteiger partial charge on any atom is 0.338 e. The van der Waals surface area contributed by atoms with Gasteiger partial charge in [0, 0.05) is 11.8 Å². The van der Waals surface area contributed by atoms with Crippen LogP contribution in [0.3, 0.4) is 0 Å². The highest BCUT2D eigenvalue weighted by molar-refractivity contribution is 5.93. The average molecular weight is 352 g/mol. The summed E-state index contributed by atoms with van der Waals surface area (Å²) >= 11 is 0. The van der Waals surface area contributed by atoms with E-state index in [0.717, 1.165) is 24.8 Å². The Labute approximate surface area is 155 Å². The van der Waals surface area contributed by atoms with Gasteiger partial charge in [0.25, 0.3) is 0 Å². The van der Waals surface area contributed by atoms with Crippen LogP contribution >= 0.6 is 0 Å². The van der Waals surface area contributed by atoms with E-state index in [4.69, 9.17) is 4.74 Å². The number of ether oxygens (including phenoxy) is 1. The van der Waals surface area contributed by atoms with Gasteiger partial charge in [-0.15, -0.1) is 0 Å². The van der Waals surface area contributed by atoms with Crippen LogP contribution in [0.2, 0.25) is 0 Å². The SMILES string of the molecule is CC(C)(OC(=O)c1ccc(C2CC3C=CC2C3=O)cc1)C1CCCCC1. The van der Waals surface area contributed by atoms with Gasteiger partial charge in [-0.2, -0.15) is 0 Å². The van der Waals surface area contributed by atoms with Crippen molar-refractivity contribution in [3.8, 4) is 0 Å². The molecule has 0 saturated heterocycles. The van der Waals surface area contributed by atoms with Crippen LogP contribution in [-0.2, 0) is 9.53 Å². The first-order valence-corrected chi connectivity index (χ1v) is 10.0. The molecule has 0 aromatic heterocycles. The zero-order chi connectivity index (χ0) is 18.3. The first kappa shape index (κ1) is 17.5. The summed E-state index contributed by atoms with van der Waals surface area (Å²) in [7, 11) is 0. The normalized spacial score (nSPS) is 28.5. The lowest BCUT2D eigenvalue weighted by Crippen LogP contribution is -2.37. The molecule has 0 aliphatic heterocycles. The van der Waals surface area contributed by atoms with Crippen LogP contribution < -0.4 is 0 Å². The molecule has 3 atom stereocenters. The standard InChI is InChI=1S/C23H28O3/c1-23(2,18-6-4-3-5-7-18)26-22(25)16-10-8-15(9-11-16)20-14-17-12-13-19(20)21(17)24/h8-13,17-20H,3-7,14H2,1-2H3. The molecule has 1 aromatic rings. The van der Waals surface area contributed by atoms with E-state index in [0.29, 0.717) is 17.3 Å². The fourth-order valence-electron chi connectivity index (χ4n) is 5.03. The Morgan fingerprint density at radius 1 is 1.04 bits per heavy atom. The molecule has 4 rings (SSSR count). The van der Waals surface area contributed by atoms with Crippen LogP contribution in [0.5, 0.6) is 0 Å². The Kier molecular flexibility index (Phi) is 4.50. The average Bonchev–Trinajstić information content (AvgIpc) is 3.17. The van der Waals surface area contributed by atoms with E-state index in [2.05, 4.69) is 6.08 Å². The van der Waals surface area contributed by atoms with Crippen molar-refractivity contribution in [3.05, 3.63) is 47.5 Å². The number of carbonyl (C=O) groups excluding carboxylic acids is 2. The number of carbonyl (C=O) groups is 2. The Morgan fingerprint density at radius 2 is 1.73 bits per heavy atom. The molecule has 0 radical (unpaired) electrons. The molecule has 3 unspecified atom stereocenters. The molecular formula is C23H28O3. The quantitative estimate of drug-likeness (QED) is 0.562. The number of esters is 1. The Hall–Kier alpha value is -1.90. The number of hydrogen-bond donors (Lipinski definition) is 0. The molecule has 0 heterocycles. The van der Waals surface area contributed by atoms with Crippen molar-refractivity contribution in [1.29, 1.82) is 0 Å². The van der Waals surface area contributed by atoms with E-state index in [9.17, 15) is 9.59 Å². The van der Waals surface area contributed by atoms with Gasteiger partial charge in [0.15, 0.2) is 0 Å². The minimum atomic E-state index is -0.419. The maximum atomic E-state index is 12.6. The molecule has 1 aromatic carbocycles. The largest absolute Gasteiger partial charge is 0.456 e. The fourth-order valence-corrected chi connectivity index (χ4v) is 5.03. The molecule has 0 spiro atoms. The predicted octanol–water partition coefficient (Wildman–Crippen LogP) is 5.06. The summed E-state index contributed by atoms with van der Waals surface area (Å²) in [4.78, 5) is 24.7. The molecule has 0 amide bonds. The molecule has 3 heteroatoms. The minimum Gasteiger partial charge on any atom is -0.456 e. The van der Waals surface area contributed by atoms with Gasteiger partial charge in [-0.3, -0.25) is 4.79 Å². The fraction of sp³-hybridized carbons (Fsp3) is 0.565. The van der Waals surface area contributed by atoms with Crippen LogP contribution in [0.25, 0.3) is 0 Å². The van der Waals surface area contributed by atoms with Gasteiger partial charge in [-0.1, -0.05) is 43.5 Å². The second kappa shape index (κ2) is 6.68. The van der Waals surface area contributed by atoms with Gasteiger partial charge in [-0.25, -0.2) is 4.79 Å². The summed E-state index contributed by atoms with van der Waals surface area (Å²) in [5.74, 6) is 0.963. The lowest BCUT2D eigenvalue weighted by atomic mass is 9.79. The summed E-state index contributed by atoms with van der Waals surface area (Å²) in [6.07, 6.45) is 11.0. The molecule has 0 N–H and O–H groups in total. The first-order chi connectivity index (χ1) is 12.5. The van der Waals surface area contributed by atoms with Gasteiger partial charge < -0.3 is 4.74 Å². The van der Waals surface area contributed by atoms with Crippen molar-refractivity contribution < 1.29 is 14.3 Å². The first-order valence-electron chi connectivity index (χ1n) is 10.0. The topological polar surface area (TPSA) is 43.4 Å². The molecule has 3 aliphatic carbocycles. The molecule has 138 valence electrons. The third-order valence-electron chi connectivity index (χ3n) is 6.70. The van der Waals surface area contributed by atoms with Crippen molar-refractivity contribution in [2.45, 2.75) is 63.9 Å². The monoisotopic (exact) mass is 352 g/mol. The van der Waals surface area contributed by atoms with Gasteiger partial charge in [0.1, 0.15) is 11.4 Å². The molecule has 3 nitrogen and oxygen atoms in total. The van der Waals surface area contributed by atoms with Crippen LogP contribution in [0.1, 0.15) is 74.2 Å². The highest BCUT2D eigenvalue weighted by Gasteiger charge is 2.44. The van der Waals surface area contributed by atoms with Crippen LogP contribution in [-0.4, -0.2) is 17.4 Å².